The fourth-order valence-corrected chi connectivity index (χ4v) is 2.51. The van der Waals surface area contributed by atoms with Crippen molar-refractivity contribution in [1.82, 2.24) is 10.6 Å². The Morgan fingerprint density at radius 3 is 2.87 bits per heavy atom. The SMILES string of the molecule is CC(C)(CN=O)Oc1ccc2c(c1)=CNC(NC(=O)C1CC1)C=2. The summed E-state index contributed by atoms with van der Waals surface area (Å²) in [7, 11) is 0. The van der Waals surface area contributed by atoms with Crippen LogP contribution in [-0.4, -0.2) is 24.2 Å². The monoisotopic (exact) mass is 315 g/mol. The van der Waals surface area contributed by atoms with Crippen LogP contribution < -0.4 is 25.8 Å². The zero-order valence-corrected chi connectivity index (χ0v) is 13.3. The molecule has 0 saturated heterocycles. The average Bonchev–Trinajstić information content (AvgIpc) is 3.31. The first kappa shape index (κ1) is 15.5. The highest BCUT2D eigenvalue weighted by Gasteiger charge is 2.30. The number of nitrogens with zero attached hydrogens (tertiary/aromatic N) is 1. The highest BCUT2D eigenvalue weighted by atomic mass is 16.5. The minimum Gasteiger partial charge on any atom is -0.486 e. The number of amides is 1. The molecular weight excluding hydrogens is 294 g/mol. The predicted octanol–water partition coefficient (Wildman–Crippen LogP) is 0.584. The molecule has 1 heterocycles. The van der Waals surface area contributed by atoms with Crippen LogP contribution >= 0.6 is 0 Å². The van der Waals surface area contributed by atoms with Crippen LogP contribution in [0.25, 0.3) is 12.3 Å². The first-order valence-electron chi connectivity index (χ1n) is 7.83. The molecule has 1 saturated carbocycles. The molecule has 1 unspecified atom stereocenters. The Bertz CT molecular complexity index is 738. The molecule has 6 heteroatoms. The molecule has 0 radical (unpaired) electrons. The molecule has 122 valence electrons. The Morgan fingerprint density at radius 1 is 1.39 bits per heavy atom. The normalized spacial score (nSPS) is 19.5. The number of nitroso groups, excluding NO2 is 1. The molecule has 1 aromatic rings. The Morgan fingerprint density at radius 2 is 2.17 bits per heavy atom. The molecule has 0 spiro atoms. The Labute approximate surface area is 134 Å². The van der Waals surface area contributed by atoms with Crippen molar-refractivity contribution < 1.29 is 9.53 Å². The molecule has 3 rings (SSSR count). The van der Waals surface area contributed by atoms with E-state index < -0.39 is 5.60 Å². The van der Waals surface area contributed by atoms with Gasteiger partial charge < -0.3 is 15.4 Å². The maximum atomic E-state index is 11.8. The van der Waals surface area contributed by atoms with E-state index in [1.165, 1.54) is 0 Å². The highest BCUT2D eigenvalue weighted by molar-refractivity contribution is 5.82. The molecule has 23 heavy (non-hydrogen) atoms. The van der Waals surface area contributed by atoms with Gasteiger partial charge in [0, 0.05) is 17.3 Å². The number of carbonyl (C=O) groups excluding carboxylic acids is 1. The number of hydrogen-bond donors (Lipinski definition) is 2. The number of hydrogen-bond acceptors (Lipinski definition) is 5. The number of nitrogens with one attached hydrogen (secondary N) is 2. The lowest BCUT2D eigenvalue weighted by Crippen LogP contribution is -2.48. The van der Waals surface area contributed by atoms with Crippen LogP contribution in [0.3, 0.4) is 0 Å². The lowest BCUT2D eigenvalue weighted by Gasteiger charge is -2.24. The molecule has 1 fully saturated rings. The summed E-state index contributed by atoms with van der Waals surface area (Å²) in [6.45, 7) is 3.74. The van der Waals surface area contributed by atoms with Gasteiger partial charge in [0.1, 0.15) is 24.1 Å². The lowest BCUT2D eigenvalue weighted by molar-refractivity contribution is -0.122. The van der Waals surface area contributed by atoms with Gasteiger partial charge in [0.05, 0.1) is 0 Å². The number of fused-ring (bicyclic) bond motifs is 1. The van der Waals surface area contributed by atoms with Crippen LogP contribution in [0.2, 0.25) is 0 Å². The maximum absolute atomic E-state index is 11.8. The average molecular weight is 315 g/mol. The molecule has 1 amide bonds. The van der Waals surface area contributed by atoms with Gasteiger partial charge in [0.25, 0.3) is 0 Å². The van der Waals surface area contributed by atoms with Crippen LogP contribution in [0.5, 0.6) is 5.75 Å². The van der Waals surface area contributed by atoms with Crippen molar-refractivity contribution in [1.29, 1.82) is 0 Å². The maximum Gasteiger partial charge on any atom is 0.224 e. The molecule has 1 atom stereocenters. The fourth-order valence-electron chi connectivity index (χ4n) is 2.51. The highest BCUT2D eigenvalue weighted by Crippen LogP contribution is 2.28. The predicted molar refractivity (Wildman–Crippen MR) is 87.8 cm³/mol. The summed E-state index contributed by atoms with van der Waals surface area (Å²) in [6, 6.07) is 5.72. The third-order valence-electron chi connectivity index (χ3n) is 3.91. The van der Waals surface area contributed by atoms with E-state index in [1.807, 2.05) is 44.3 Å². The van der Waals surface area contributed by atoms with Crippen molar-refractivity contribution in [2.75, 3.05) is 6.54 Å². The smallest absolute Gasteiger partial charge is 0.224 e. The number of carbonyl (C=O) groups is 1. The van der Waals surface area contributed by atoms with Crippen LogP contribution in [0.15, 0.2) is 23.4 Å². The van der Waals surface area contributed by atoms with Gasteiger partial charge in [-0.3, -0.25) is 4.79 Å². The molecule has 1 aliphatic carbocycles. The first-order valence-corrected chi connectivity index (χ1v) is 7.83. The minimum atomic E-state index is -0.636. The molecule has 0 aromatic heterocycles. The van der Waals surface area contributed by atoms with Gasteiger partial charge >= 0.3 is 0 Å². The van der Waals surface area contributed by atoms with Gasteiger partial charge in [-0.05, 0) is 50.1 Å². The summed E-state index contributed by atoms with van der Waals surface area (Å²) in [6.07, 6.45) is 5.65. The summed E-state index contributed by atoms with van der Waals surface area (Å²) in [5.41, 5.74) is -0.636. The van der Waals surface area contributed by atoms with E-state index in [0.717, 1.165) is 23.3 Å². The van der Waals surface area contributed by atoms with Gasteiger partial charge in [0.2, 0.25) is 5.91 Å². The molecule has 0 bridgehead atoms. The topological polar surface area (TPSA) is 79.8 Å². The largest absolute Gasteiger partial charge is 0.486 e. The zero-order valence-electron chi connectivity index (χ0n) is 13.3. The third-order valence-corrected chi connectivity index (χ3v) is 3.91. The second kappa shape index (κ2) is 6.02. The Hall–Kier alpha value is -2.37. The second-order valence-electron chi connectivity index (χ2n) is 6.68. The van der Waals surface area contributed by atoms with Crippen molar-refractivity contribution >= 4 is 18.2 Å². The molecule has 2 aliphatic rings. The summed E-state index contributed by atoms with van der Waals surface area (Å²) in [5.74, 6) is 0.985. The van der Waals surface area contributed by atoms with E-state index in [2.05, 4.69) is 15.8 Å². The fraction of sp³-hybridized carbons (Fsp3) is 0.471. The van der Waals surface area contributed by atoms with Crippen molar-refractivity contribution in [2.45, 2.75) is 38.5 Å². The van der Waals surface area contributed by atoms with Crippen LogP contribution in [0.1, 0.15) is 26.7 Å². The van der Waals surface area contributed by atoms with Gasteiger partial charge in [0.15, 0.2) is 0 Å². The van der Waals surface area contributed by atoms with Crippen LogP contribution in [0.4, 0.5) is 0 Å². The third kappa shape index (κ3) is 3.88. The first-order chi connectivity index (χ1) is 11.0. The standard InChI is InChI=1S/C17H21N3O3/c1-17(2,10-19-22)23-14-6-5-12-8-15(18-9-13(12)7-14)20-16(21)11-3-4-11/h5-9,11,15,18H,3-4,10H2,1-2H3,(H,20,21). The quantitative estimate of drug-likeness (QED) is 0.753. The van der Waals surface area contributed by atoms with Crippen molar-refractivity contribution in [3.63, 3.8) is 0 Å². The van der Waals surface area contributed by atoms with Crippen molar-refractivity contribution in [3.8, 4) is 5.75 Å². The summed E-state index contributed by atoms with van der Waals surface area (Å²) < 4.78 is 5.81. The van der Waals surface area contributed by atoms with Gasteiger partial charge in [-0.25, -0.2) is 0 Å². The minimum absolute atomic E-state index is 0.0907. The van der Waals surface area contributed by atoms with E-state index in [1.54, 1.807) is 0 Å². The molecule has 1 aromatic carbocycles. The van der Waals surface area contributed by atoms with Gasteiger partial charge in [-0.1, -0.05) is 11.2 Å². The molecule has 1 aliphatic heterocycles. The van der Waals surface area contributed by atoms with Crippen molar-refractivity contribution in [2.24, 2.45) is 11.1 Å². The molecule has 2 N–H and O–H groups in total. The Kier molecular flexibility index (Phi) is 4.07. The number of rotatable bonds is 6. The number of benzene rings is 1. The Balaban J connectivity index is 1.74. The molecular formula is C17H21N3O3. The summed E-state index contributed by atoms with van der Waals surface area (Å²) in [4.78, 5) is 22.3. The zero-order chi connectivity index (χ0) is 16.4. The second-order valence-corrected chi connectivity index (χ2v) is 6.68. The lowest BCUT2D eigenvalue weighted by atomic mass is 10.1. The summed E-state index contributed by atoms with van der Waals surface area (Å²) >= 11 is 0. The number of ether oxygens (including phenoxy) is 1. The van der Waals surface area contributed by atoms with Crippen LogP contribution in [-0.2, 0) is 4.79 Å². The summed E-state index contributed by atoms with van der Waals surface area (Å²) in [5, 5.41) is 11.1. The van der Waals surface area contributed by atoms with E-state index in [-0.39, 0.29) is 24.5 Å². The van der Waals surface area contributed by atoms with E-state index in [9.17, 15) is 9.70 Å². The van der Waals surface area contributed by atoms with Crippen LogP contribution in [0, 0.1) is 10.8 Å². The van der Waals surface area contributed by atoms with Crippen molar-refractivity contribution in [3.05, 3.63) is 33.5 Å². The molecule has 6 nitrogen and oxygen atoms in total. The van der Waals surface area contributed by atoms with E-state index in [4.69, 9.17) is 4.74 Å². The van der Waals surface area contributed by atoms with E-state index >= 15 is 0 Å². The van der Waals surface area contributed by atoms with Gasteiger partial charge in [-0.2, -0.15) is 4.91 Å². The van der Waals surface area contributed by atoms with E-state index in [0.29, 0.717) is 5.75 Å². The van der Waals surface area contributed by atoms with Gasteiger partial charge in [-0.15, -0.1) is 0 Å².